The summed E-state index contributed by atoms with van der Waals surface area (Å²) < 4.78 is 25.6. The number of hydrogen-bond acceptors (Lipinski definition) is 5. The maximum Gasteiger partial charge on any atom is 0.284 e. The van der Waals surface area contributed by atoms with Crippen molar-refractivity contribution in [2.45, 2.75) is 19.4 Å². The van der Waals surface area contributed by atoms with Gasteiger partial charge in [0.2, 0.25) is 10.0 Å². The summed E-state index contributed by atoms with van der Waals surface area (Å²) in [6.45, 7) is 2.02. The zero-order valence-electron chi connectivity index (χ0n) is 16.6. The standard InChI is InChI=1S/C22H21N3O3S2/c1-15-8-10-16(11-9-15)20-14-19(23-25(20)22(26)21-7-4-12-29-21)17-5-3-6-18(13-17)24-30(2,27)28/h3-13,20,24H,14H2,1-2H3/t20-/m0/s1. The number of aryl methyl sites for hydroxylation is 1. The molecule has 0 saturated carbocycles. The number of rotatable bonds is 5. The number of carbonyl (C=O) groups is 1. The Balaban J connectivity index is 1.70. The minimum atomic E-state index is -3.38. The number of benzene rings is 2. The largest absolute Gasteiger partial charge is 0.284 e. The molecule has 0 unspecified atom stereocenters. The van der Waals surface area contributed by atoms with Crippen molar-refractivity contribution in [3.05, 3.63) is 87.6 Å². The van der Waals surface area contributed by atoms with Crippen LogP contribution in [0.2, 0.25) is 0 Å². The van der Waals surface area contributed by atoms with Gasteiger partial charge in [0.1, 0.15) is 0 Å². The lowest BCUT2D eigenvalue weighted by Gasteiger charge is -2.21. The molecule has 0 saturated heterocycles. The summed E-state index contributed by atoms with van der Waals surface area (Å²) in [7, 11) is -3.38. The molecule has 0 bridgehead atoms. The molecule has 1 aromatic heterocycles. The summed E-state index contributed by atoms with van der Waals surface area (Å²) in [6.07, 6.45) is 1.66. The Kier molecular flexibility index (Phi) is 5.44. The van der Waals surface area contributed by atoms with Crippen LogP contribution in [0.5, 0.6) is 0 Å². The van der Waals surface area contributed by atoms with E-state index in [1.165, 1.54) is 11.3 Å². The molecule has 8 heteroatoms. The average molecular weight is 440 g/mol. The first-order valence-electron chi connectivity index (χ1n) is 9.39. The van der Waals surface area contributed by atoms with Crippen LogP contribution in [0.3, 0.4) is 0 Å². The van der Waals surface area contributed by atoms with Gasteiger partial charge in [-0.05, 0) is 41.6 Å². The van der Waals surface area contributed by atoms with E-state index in [0.29, 0.717) is 17.0 Å². The summed E-state index contributed by atoms with van der Waals surface area (Å²) in [4.78, 5) is 13.8. The second-order valence-corrected chi connectivity index (χ2v) is 9.96. The maximum atomic E-state index is 13.1. The summed E-state index contributed by atoms with van der Waals surface area (Å²) in [5.41, 5.74) is 4.14. The van der Waals surface area contributed by atoms with Gasteiger partial charge in [-0.3, -0.25) is 9.52 Å². The van der Waals surface area contributed by atoms with Crippen molar-refractivity contribution < 1.29 is 13.2 Å². The molecule has 2 aromatic carbocycles. The van der Waals surface area contributed by atoms with Crippen molar-refractivity contribution in [3.8, 4) is 0 Å². The highest BCUT2D eigenvalue weighted by atomic mass is 32.2. The Morgan fingerprint density at radius 2 is 1.90 bits per heavy atom. The van der Waals surface area contributed by atoms with Crippen LogP contribution in [-0.2, 0) is 10.0 Å². The van der Waals surface area contributed by atoms with Crippen LogP contribution >= 0.6 is 11.3 Å². The maximum absolute atomic E-state index is 13.1. The topological polar surface area (TPSA) is 78.8 Å². The van der Waals surface area contributed by atoms with Crippen LogP contribution in [0.15, 0.2) is 71.1 Å². The van der Waals surface area contributed by atoms with Gasteiger partial charge in [-0.15, -0.1) is 11.3 Å². The van der Waals surface area contributed by atoms with E-state index in [0.717, 1.165) is 28.7 Å². The van der Waals surface area contributed by atoms with Crippen molar-refractivity contribution >= 4 is 38.7 Å². The third-order valence-electron chi connectivity index (χ3n) is 4.81. The third-order valence-corrected chi connectivity index (χ3v) is 6.28. The molecule has 1 aliphatic heterocycles. The first-order chi connectivity index (χ1) is 14.3. The van der Waals surface area contributed by atoms with E-state index in [9.17, 15) is 13.2 Å². The number of nitrogens with zero attached hydrogens (tertiary/aromatic N) is 2. The zero-order chi connectivity index (χ0) is 21.3. The third kappa shape index (κ3) is 4.44. The number of hydrogen-bond donors (Lipinski definition) is 1. The van der Waals surface area contributed by atoms with Gasteiger partial charge >= 0.3 is 0 Å². The van der Waals surface area contributed by atoms with Crippen molar-refractivity contribution in [2.75, 3.05) is 11.0 Å². The second kappa shape index (κ2) is 8.04. The number of nitrogens with one attached hydrogen (secondary N) is 1. The van der Waals surface area contributed by atoms with Crippen LogP contribution in [0.4, 0.5) is 5.69 Å². The first kappa shape index (κ1) is 20.3. The Morgan fingerprint density at radius 1 is 1.13 bits per heavy atom. The van der Waals surface area contributed by atoms with E-state index in [1.807, 2.05) is 48.7 Å². The van der Waals surface area contributed by atoms with Crippen LogP contribution < -0.4 is 4.72 Å². The Hall–Kier alpha value is -2.97. The van der Waals surface area contributed by atoms with Crippen molar-refractivity contribution in [2.24, 2.45) is 5.10 Å². The van der Waals surface area contributed by atoms with Gasteiger partial charge in [0, 0.05) is 12.1 Å². The highest BCUT2D eigenvalue weighted by Gasteiger charge is 2.34. The fourth-order valence-electron chi connectivity index (χ4n) is 3.41. The quantitative estimate of drug-likeness (QED) is 0.639. The van der Waals surface area contributed by atoms with Crippen molar-refractivity contribution in [1.82, 2.24) is 5.01 Å². The fraction of sp³-hybridized carbons (Fsp3) is 0.182. The van der Waals surface area contributed by atoms with Gasteiger partial charge in [0.25, 0.3) is 5.91 Å². The normalized spacial score (nSPS) is 16.4. The van der Waals surface area contributed by atoms with Crippen molar-refractivity contribution in [3.63, 3.8) is 0 Å². The van der Waals surface area contributed by atoms with E-state index >= 15 is 0 Å². The van der Waals surface area contributed by atoms with Gasteiger partial charge in [-0.25, -0.2) is 13.4 Å². The molecule has 0 spiro atoms. The lowest BCUT2D eigenvalue weighted by molar-refractivity contribution is 0.0716. The lowest BCUT2D eigenvalue weighted by atomic mass is 9.97. The summed E-state index contributed by atoms with van der Waals surface area (Å²) in [6, 6.07) is 18.6. The smallest absolute Gasteiger partial charge is 0.284 e. The molecule has 1 aliphatic rings. The summed E-state index contributed by atoms with van der Waals surface area (Å²) >= 11 is 1.39. The molecule has 2 heterocycles. The summed E-state index contributed by atoms with van der Waals surface area (Å²) in [5.74, 6) is -0.143. The summed E-state index contributed by atoms with van der Waals surface area (Å²) in [5, 5.41) is 8.08. The van der Waals surface area contributed by atoms with Crippen LogP contribution in [0.1, 0.15) is 38.8 Å². The molecular weight excluding hydrogens is 418 g/mol. The van der Waals surface area contributed by atoms with E-state index in [1.54, 1.807) is 29.3 Å². The van der Waals surface area contributed by atoms with Crippen LogP contribution in [-0.4, -0.2) is 31.3 Å². The number of hydrazone groups is 1. The molecular formula is C22H21N3O3S2. The number of carbonyl (C=O) groups excluding carboxylic acids is 1. The SMILES string of the molecule is Cc1ccc([C@@H]2CC(c3cccc(NS(C)(=O)=O)c3)=NN2C(=O)c2cccs2)cc1. The lowest BCUT2D eigenvalue weighted by Crippen LogP contribution is -2.26. The van der Waals surface area contributed by atoms with Gasteiger partial charge in [-0.1, -0.05) is 48.0 Å². The Bertz CT molecular complexity index is 1200. The van der Waals surface area contributed by atoms with Gasteiger partial charge in [0.15, 0.2) is 0 Å². The molecule has 6 nitrogen and oxygen atoms in total. The van der Waals surface area contributed by atoms with E-state index < -0.39 is 10.0 Å². The molecule has 0 aliphatic carbocycles. The highest BCUT2D eigenvalue weighted by molar-refractivity contribution is 7.92. The number of amides is 1. The highest BCUT2D eigenvalue weighted by Crippen LogP contribution is 2.35. The predicted octanol–water partition coefficient (Wildman–Crippen LogP) is 4.42. The van der Waals surface area contributed by atoms with Gasteiger partial charge < -0.3 is 0 Å². The van der Waals surface area contributed by atoms with E-state index in [4.69, 9.17) is 0 Å². The molecule has 0 fully saturated rings. The number of anilines is 1. The molecule has 4 rings (SSSR count). The average Bonchev–Trinajstić information content (AvgIpc) is 3.37. The van der Waals surface area contributed by atoms with Crippen LogP contribution in [0, 0.1) is 6.92 Å². The molecule has 3 aromatic rings. The molecule has 30 heavy (non-hydrogen) atoms. The van der Waals surface area contributed by atoms with Gasteiger partial charge in [-0.2, -0.15) is 5.10 Å². The molecule has 1 amide bonds. The fourth-order valence-corrected chi connectivity index (χ4v) is 4.62. The van der Waals surface area contributed by atoms with E-state index in [2.05, 4.69) is 9.82 Å². The minimum absolute atomic E-state index is 0.143. The second-order valence-electron chi connectivity index (χ2n) is 7.26. The monoisotopic (exact) mass is 439 g/mol. The molecule has 1 atom stereocenters. The van der Waals surface area contributed by atoms with Gasteiger partial charge in [0.05, 0.1) is 22.9 Å². The van der Waals surface area contributed by atoms with Crippen LogP contribution in [0.25, 0.3) is 0 Å². The Morgan fingerprint density at radius 3 is 2.57 bits per heavy atom. The zero-order valence-corrected chi connectivity index (χ0v) is 18.2. The predicted molar refractivity (Wildman–Crippen MR) is 120 cm³/mol. The van der Waals surface area contributed by atoms with Crippen molar-refractivity contribution in [1.29, 1.82) is 0 Å². The minimum Gasteiger partial charge on any atom is -0.284 e. The Labute approximate surface area is 179 Å². The molecule has 1 N–H and O–H groups in total. The number of thiophene rings is 1. The number of sulfonamides is 1. The first-order valence-corrected chi connectivity index (χ1v) is 12.2. The molecule has 0 radical (unpaired) electrons. The molecule has 154 valence electrons. The van der Waals surface area contributed by atoms with E-state index in [-0.39, 0.29) is 11.9 Å².